The Hall–Kier alpha value is -1.94. The molecule has 2 aromatic rings. The van der Waals surface area contributed by atoms with E-state index in [4.69, 9.17) is 4.74 Å². The predicted octanol–water partition coefficient (Wildman–Crippen LogP) is 2.99. The van der Waals surface area contributed by atoms with Crippen molar-refractivity contribution >= 4 is 0 Å². The highest BCUT2D eigenvalue weighted by molar-refractivity contribution is 5.17. The van der Waals surface area contributed by atoms with Crippen LogP contribution >= 0.6 is 0 Å². The molecule has 2 heterocycles. The van der Waals surface area contributed by atoms with Gasteiger partial charge in [-0.3, -0.25) is 4.98 Å². The van der Waals surface area contributed by atoms with Crippen molar-refractivity contribution in [1.29, 1.82) is 0 Å². The Morgan fingerprint density at radius 1 is 1.10 bits per heavy atom. The number of pyridine rings is 2. The molecule has 0 fully saturated rings. The largest absolute Gasteiger partial charge is 0.478 e. The van der Waals surface area contributed by atoms with Gasteiger partial charge in [-0.1, -0.05) is 13.0 Å². The Morgan fingerprint density at radius 2 is 1.95 bits per heavy atom. The summed E-state index contributed by atoms with van der Waals surface area (Å²) in [7, 11) is 0. The summed E-state index contributed by atoms with van der Waals surface area (Å²) in [5, 5.41) is 3.36. The predicted molar refractivity (Wildman–Crippen MR) is 84.3 cm³/mol. The number of hydrogen-bond donors (Lipinski definition) is 1. The first-order valence-corrected chi connectivity index (χ1v) is 7.56. The molecule has 0 aromatic carbocycles. The minimum absolute atomic E-state index is 0.683. The van der Waals surface area contributed by atoms with Crippen LogP contribution in [0.2, 0.25) is 0 Å². The molecule has 2 rings (SSSR count). The van der Waals surface area contributed by atoms with Crippen LogP contribution in [-0.4, -0.2) is 23.1 Å². The first-order chi connectivity index (χ1) is 10.4. The second-order valence-corrected chi connectivity index (χ2v) is 4.99. The number of aryl methyl sites for hydroxylation is 1. The van der Waals surface area contributed by atoms with Crippen LogP contribution in [0, 0.1) is 0 Å². The average Bonchev–Trinajstić information content (AvgIpc) is 2.54. The lowest BCUT2D eigenvalue weighted by Gasteiger charge is -2.07. The molecule has 0 saturated carbocycles. The number of rotatable bonds is 9. The highest BCUT2D eigenvalue weighted by Gasteiger charge is 1.98. The fraction of sp³-hybridized carbons (Fsp3) is 0.412. The van der Waals surface area contributed by atoms with E-state index in [1.165, 1.54) is 11.1 Å². The van der Waals surface area contributed by atoms with E-state index in [1.807, 2.05) is 36.8 Å². The molecule has 112 valence electrons. The molecular weight excluding hydrogens is 262 g/mol. The van der Waals surface area contributed by atoms with Crippen LogP contribution < -0.4 is 10.1 Å². The molecule has 2 aromatic heterocycles. The van der Waals surface area contributed by atoms with Crippen LogP contribution in [0.3, 0.4) is 0 Å². The van der Waals surface area contributed by atoms with Crippen molar-refractivity contribution in [2.45, 2.75) is 32.7 Å². The van der Waals surface area contributed by atoms with Gasteiger partial charge in [0, 0.05) is 31.2 Å². The number of hydrogen-bond acceptors (Lipinski definition) is 4. The maximum atomic E-state index is 5.66. The molecule has 0 atom stereocenters. The van der Waals surface area contributed by atoms with Crippen LogP contribution in [0.25, 0.3) is 0 Å². The van der Waals surface area contributed by atoms with Crippen molar-refractivity contribution in [2.75, 3.05) is 13.2 Å². The second kappa shape index (κ2) is 9.08. The van der Waals surface area contributed by atoms with E-state index in [-0.39, 0.29) is 0 Å². The molecule has 0 amide bonds. The van der Waals surface area contributed by atoms with Crippen molar-refractivity contribution in [1.82, 2.24) is 15.3 Å². The van der Waals surface area contributed by atoms with Crippen molar-refractivity contribution in [3.8, 4) is 5.88 Å². The summed E-state index contributed by atoms with van der Waals surface area (Å²) in [5.41, 5.74) is 2.48. The zero-order valence-electron chi connectivity index (χ0n) is 12.6. The van der Waals surface area contributed by atoms with E-state index >= 15 is 0 Å². The normalized spacial score (nSPS) is 10.5. The van der Waals surface area contributed by atoms with Gasteiger partial charge in [-0.15, -0.1) is 0 Å². The standard InChI is InChI=1S/C17H23N3O/c1-2-9-19-13-16-5-6-17(20-14-16)21-12-3-4-15-7-10-18-11-8-15/h5-8,10-11,14,19H,2-4,9,12-13H2,1H3. The zero-order chi connectivity index (χ0) is 14.8. The molecule has 0 saturated heterocycles. The fourth-order valence-electron chi connectivity index (χ4n) is 2.01. The Labute approximate surface area is 126 Å². The van der Waals surface area contributed by atoms with Crippen molar-refractivity contribution in [2.24, 2.45) is 0 Å². The van der Waals surface area contributed by atoms with E-state index in [2.05, 4.69) is 28.3 Å². The summed E-state index contributed by atoms with van der Waals surface area (Å²) in [6.45, 7) is 4.74. The molecule has 1 N–H and O–H groups in total. The maximum Gasteiger partial charge on any atom is 0.213 e. The van der Waals surface area contributed by atoms with Crippen LogP contribution in [0.4, 0.5) is 0 Å². The van der Waals surface area contributed by atoms with Crippen LogP contribution in [0.5, 0.6) is 5.88 Å². The minimum atomic E-state index is 0.683. The van der Waals surface area contributed by atoms with E-state index in [0.29, 0.717) is 12.5 Å². The van der Waals surface area contributed by atoms with Crippen molar-refractivity contribution in [3.63, 3.8) is 0 Å². The number of nitrogens with one attached hydrogen (secondary N) is 1. The lowest BCUT2D eigenvalue weighted by atomic mass is 10.1. The Morgan fingerprint density at radius 3 is 2.67 bits per heavy atom. The number of nitrogens with zero attached hydrogens (tertiary/aromatic N) is 2. The topological polar surface area (TPSA) is 47.0 Å². The maximum absolute atomic E-state index is 5.66. The van der Waals surface area contributed by atoms with Crippen LogP contribution in [-0.2, 0) is 13.0 Å². The molecule has 21 heavy (non-hydrogen) atoms. The third kappa shape index (κ3) is 5.92. The number of ether oxygens (including phenoxy) is 1. The Kier molecular flexibility index (Phi) is 6.68. The second-order valence-electron chi connectivity index (χ2n) is 4.99. The van der Waals surface area contributed by atoms with Gasteiger partial charge in [-0.25, -0.2) is 4.98 Å². The van der Waals surface area contributed by atoms with Gasteiger partial charge in [0.1, 0.15) is 0 Å². The monoisotopic (exact) mass is 285 g/mol. The summed E-state index contributed by atoms with van der Waals surface area (Å²) in [4.78, 5) is 8.34. The first-order valence-electron chi connectivity index (χ1n) is 7.56. The van der Waals surface area contributed by atoms with Crippen molar-refractivity contribution in [3.05, 3.63) is 54.0 Å². The van der Waals surface area contributed by atoms with Crippen LogP contribution in [0.1, 0.15) is 30.9 Å². The third-order valence-electron chi connectivity index (χ3n) is 3.16. The van der Waals surface area contributed by atoms with Gasteiger partial charge in [-0.2, -0.15) is 0 Å². The van der Waals surface area contributed by atoms with Gasteiger partial charge in [-0.05, 0) is 49.1 Å². The minimum Gasteiger partial charge on any atom is -0.478 e. The molecule has 4 nitrogen and oxygen atoms in total. The lowest BCUT2D eigenvalue weighted by Crippen LogP contribution is -2.13. The van der Waals surface area contributed by atoms with E-state index in [1.54, 1.807) is 0 Å². The van der Waals surface area contributed by atoms with E-state index in [9.17, 15) is 0 Å². The summed E-state index contributed by atoms with van der Waals surface area (Å²) in [6, 6.07) is 8.08. The molecule has 0 aliphatic rings. The Bertz CT molecular complexity index is 499. The number of aromatic nitrogens is 2. The lowest BCUT2D eigenvalue weighted by molar-refractivity contribution is 0.299. The fourth-order valence-corrected chi connectivity index (χ4v) is 2.01. The van der Waals surface area contributed by atoms with Crippen molar-refractivity contribution < 1.29 is 4.74 Å². The molecule has 0 spiro atoms. The summed E-state index contributed by atoms with van der Waals surface area (Å²) in [5.74, 6) is 0.698. The summed E-state index contributed by atoms with van der Waals surface area (Å²) in [6.07, 6.45) is 8.64. The summed E-state index contributed by atoms with van der Waals surface area (Å²) < 4.78 is 5.66. The SMILES string of the molecule is CCCNCc1ccc(OCCCc2ccncc2)nc1. The van der Waals surface area contributed by atoms with E-state index < -0.39 is 0 Å². The average molecular weight is 285 g/mol. The molecule has 0 unspecified atom stereocenters. The van der Waals surface area contributed by atoms with Gasteiger partial charge in [0.2, 0.25) is 5.88 Å². The first kappa shape index (κ1) is 15.4. The van der Waals surface area contributed by atoms with Gasteiger partial charge in [0.15, 0.2) is 0 Å². The highest BCUT2D eigenvalue weighted by Crippen LogP contribution is 2.09. The smallest absolute Gasteiger partial charge is 0.213 e. The molecular formula is C17H23N3O. The molecule has 4 heteroatoms. The van der Waals surface area contributed by atoms with E-state index in [0.717, 1.165) is 32.4 Å². The molecule has 0 bridgehead atoms. The highest BCUT2D eigenvalue weighted by atomic mass is 16.5. The Balaban J connectivity index is 1.66. The molecule has 0 radical (unpaired) electrons. The van der Waals surface area contributed by atoms with Crippen LogP contribution in [0.15, 0.2) is 42.9 Å². The molecule has 0 aliphatic heterocycles. The quantitative estimate of drug-likeness (QED) is 0.720. The van der Waals surface area contributed by atoms with Gasteiger partial charge in [0.05, 0.1) is 6.61 Å². The van der Waals surface area contributed by atoms with Gasteiger partial charge in [0.25, 0.3) is 0 Å². The molecule has 0 aliphatic carbocycles. The van der Waals surface area contributed by atoms with Gasteiger partial charge >= 0.3 is 0 Å². The third-order valence-corrected chi connectivity index (χ3v) is 3.16. The summed E-state index contributed by atoms with van der Waals surface area (Å²) >= 11 is 0. The zero-order valence-corrected chi connectivity index (χ0v) is 12.6. The van der Waals surface area contributed by atoms with Gasteiger partial charge < -0.3 is 10.1 Å².